The Bertz CT molecular complexity index is 310. The van der Waals surface area contributed by atoms with E-state index in [0.717, 1.165) is 18.1 Å². The van der Waals surface area contributed by atoms with E-state index in [1.54, 1.807) is 0 Å². The van der Waals surface area contributed by atoms with Gasteiger partial charge in [-0.1, -0.05) is 0 Å². The van der Waals surface area contributed by atoms with Gasteiger partial charge in [-0.05, 0) is 12.8 Å². The molecule has 2 aliphatic heterocycles. The minimum Gasteiger partial charge on any atom is -0.369 e. The fourth-order valence-electron chi connectivity index (χ4n) is 2.50. The molecule has 0 aromatic carbocycles. The molecule has 2 heterocycles. The number of piperidine rings is 1. The number of primary amides is 1. The highest BCUT2D eigenvalue weighted by Gasteiger charge is 2.27. The number of carbonyl (C=O) groups is 2. The summed E-state index contributed by atoms with van der Waals surface area (Å²) < 4.78 is 0. The minimum atomic E-state index is -0.229. The molecule has 0 saturated carbocycles. The number of hydrogen-bond donors (Lipinski definition) is 2. The molecule has 0 bridgehead atoms. The maximum absolute atomic E-state index is 12.1. The molecule has 18 heavy (non-hydrogen) atoms. The number of carbonyl (C=O) groups excluding carboxylic acids is 2. The van der Waals surface area contributed by atoms with Crippen molar-refractivity contribution in [2.45, 2.75) is 25.3 Å². The Morgan fingerprint density at radius 3 is 2.61 bits per heavy atom. The summed E-state index contributed by atoms with van der Waals surface area (Å²) in [5.74, 6) is 2.08. The van der Waals surface area contributed by atoms with Crippen molar-refractivity contribution in [3.8, 4) is 0 Å². The number of amides is 2. The molecular formula is C12H21N3O2S. The van der Waals surface area contributed by atoms with Gasteiger partial charge < -0.3 is 16.0 Å². The zero-order valence-electron chi connectivity index (χ0n) is 10.6. The highest BCUT2D eigenvalue weighted by Crippen LogP contribution is 2.18. The van der Waals surface area contributed by atoms with Crippen LogP contribution >= 0.6 is 11.8 Å². The van der Waals surface area contributed by atoms with Crippen LogP contribution in [0.25, 0.3) is 0 Å². The minimum absolute atomic E-state index is 0.0441. The summed E-state index contributed by atoms with van der Waals surface area (Å²) in [6.07, 6.45) is 2.01. The summed E-state index contributed by atoms with van der Waals surface area (Å²) in [6.45, 7) is 2.34. The van der Waals surface area contributed by atoms with Gasteiger partial charge in [0, 0.05) is 49.5 Å². The largest absolute Gasteiger partial charge is 0.369 e. The van der Waals surface area contributed by atoms with Gasteiger partial charge in [0.1, 0.15) is 0 Å². The zero-order chi connectivity index (χ0) is 13.0. The number of thioether (sulfide) groups is 1. The fraction of sp³-hybridized carbons (Fsp3) is 0.833. The van der Waals surface area contributed by atoms with Crippen molar-refractivity contribution < 1.29 is 9.59 Å². The summed E-state index contributed by atoms with van der Waals surface area (Å²) in [5.41, 5.74) is 5.28. The van der Waals surface area contributed by atoms with E-state index >= 15 is 0 Å². The standard InChI is InChI=1S/C12H21N3O2S/c13-12(17)9-1-4-15(5-2-9)11(16)7-10-8-18-6-3-14-10/h9-10,14H,1-8H2,(H2,13,17). The van der Waals surface area contributed by atoms with Gasteiger partial charge in [0.25, 0.3) is 0 Å². The van der Waals surface area contributed by atoms with Crippen molar-refractivity contribution in [1.29, 1.82) is 0 Å². The number of nitrogens with two attached hydrogens (primary N) is 1. The highest BCUT2D eigenvalue weighted by atomic mass is 32.2. The molecule has 2 aliphatic rings. The van der Waals surface area contributed by atoms with Gasteiger partial charge in [-0.2, -0.15) is 11.8 Å². The van der Waals surface area contributed by atoms with Crippen molar-refractivity contribution >= 4 is 23.6 Å². The van der Waals surface area contributed by atoms with Crippen LogP contribution in [0.5, 0.6) is 0 Å². The molecular weight excluding hydrogens is 250 g/mol. The predicted molar refractivity (Wildman–Crippen MR) is 72.2 cm³/mol. The predicted octanol–water partition coefficient (Wildman–Crippen LogP) is -0.195. The number of nitrogens with zero attached hydrogens (tertiary/aromatic N) is 1. The molecule has 0 aliphatic carbocycles. The Kier molecular flexibility index (Phi) is 4.88. The number of rotatable bonds is 3. The van der Waals surface area contributed by atoms with Crippen LogP contribution in [-0.4, -0.2) is 53.9 Å². The second-order valence-corrected chi connectivity index (χ2v) is 6.14. The first-order valence-electron chi connectivity index (χ1n) is 6.55. The monoisotopic (exact) mass is 271 g/mol. The van der Waals surface area contributed by atoms with Gasteiger partial charge in [0.2, 0.25) is 11.8 Å². The lowest BCUT2D eigenvalue weighted by molar-refractivity contribution is -0.135. The molecule has 5 nitrogen and oxygen atoms in total. The first kappa shape index (κ1) is 13.7. The van der Waals surface area contributed by atoms with E-state index in [-0.39, 0.29) is 17.7 Å². The van der Waals surface area contributed by atoms with Gasteiger partial charge in [0.15, 0.2) is 0 Å². The molecule has 3 N–H and O–H groups in total. The smallest absolute Gasteiger partial charge is 0.224 e. The first-order chi connectivity index (χ1) is 8.66. The molecule has 102 valence electrons. The van der Waals surface area contributed by atoms with Crippen LogP contribution in [0.3, 0.4) is 0 Å². The summed E-state index contributed by atoms with van der Waals surface area (Å²) in [5, 5.41) is 3.37. The Morgan fingerprint density at radius 2 is 2.06 bits per heavy atom. The average Bonchev–Trinajstić information content (AvgIpc) is 2.40. The van der Waals surface area contributed by atoms with Gasteiger partial charge in [-0.15, -0.1) is 0 Å². The van der Waals surface area contributed by atoms with Gasteiger partial charge in [0.05, 0.1) is 0 Å². The molecule has 1 unspecified atom stereocenters. The van der Waals surface area contributed by atoms with Crippen molar-refractivity contribution in [2.75, 3.05) is 31.1 Å². The van der Waals surface area contributed by atoms with E-state index < -0.39 is 0 Å². The van der Waals surface area contributed by atoms with Crippen molar-refractivity contribution in [3.63, 3.8) is 0 Å². The van der Waals surface area contributed by atoms with E-state index in [4.69, 9.17) is 5.73 Å². The first-order valence-corrected chi connectivity index (χ1v) is 7.70. The molecule has 0 aromatic heterocycles. The van der Waals surface area contributed by atoms with Crippen LogP contribution in [0.2, 0.25) is 0 Å². The Balaban J connectivity index is 1.75. The van der Waals surface area contributed by atoms with Gasteiger partial charge in [-0.3, -0.25) is 9.59 Å². The Labute approximate surface area is 112 Å². The Morgan fingerprint density at radius 1 is 1.33 bits per heavy atom. The van der Waals surface area contributed by atoms with Crippen LogP contribution in [0, 0.1) is 5.92 Å². The maximum atomic E-state index is 12.1. The average molecular weight is 271 g/mol. The summed E-state index contributed by atoms with van der Waals surface area (Å²) in [6, 6.07) is 0.310. The molecule has 2 rings (SSSR count). The molecule has 2 amide bonds. The maximum Gasteiger partial charge on any atom is 0.224 e. The molecule has 1 atom stereocenters. The van der Waals surface area contributed by atoms with E-state index in [2.05, 4.69) is 5.32 Å². The molecule has 0 spiro atoms. The summed E-state index contributed by atoms with van der Waals surface area (Å²) in [7, 11) is 0. The van der Waals surface area contributed by atoms with Crippen molar-refractivity contribution in [2.24, 2.45) is 11.7 Å². The van der Waals surface area contributed by atoms with Crippen LogP contribution in [0.15, 0.2) is 0 Å². The second-order valence-electron chi connectivity index (χ2n) is 4.99. The normalized spacial score (nSPS) is 26.0. The van der Waals surface area contributed by atoms with Crippen LogP contribution in [0.4, 0.5) is 0 Å². The molecule has 2 saturated heterocycles. The lowest BCUT2D eigenvalue weighted by Gasteiger charge is -2.32. The number of likely N-dealkylation sites (tertiary alicyclic amines) is 1. The summed E-state index contributed by atoms with van der Waals surface area (Å²) >= 11 is 1.90. The molecule has 0 aromatic rings. The number of hydrogen-bond acceptors (Lipinski definition) is 4. The van der Waals surface area contributed by atoms with Crippen molar-refractivity contribution in [1.82, 2.24) is 10.2 Å². The Hall–Kier alpha value is -0.750. The molecule has 0 radical (unpaired) electrons. The summed E-state index contributed by atoms with van der Waals surface area (Å²) in [4.78, 5) is 25.0. The molecule has 6 heteroatoms. The SMILES string of the molecule is NC(=O)C1CCN(C(=O)CC2CSCCN2)CC1. The second kappa shape index (κ2) is 6.43. The zero-order valence-corrected chi connectivity index (χ0v) is 11.4. The van der Waals surface area contributed by atoms with Crippen LogP contribution in [0.1, 0.15) is 19.3 Å². The van der Waals surface area contributed by atoms with Crippen LogP contribution < -0.4 is 11.1 Å². The quantitative estimate of drug-likeness (QED) is 0.746. The van der Waals surface area contributed by atoms with E-state index in [0.29, 0.717) is 38.4 Å². The van der Waals surface area contributed by atoms with E-state index in [9.17, 15) is 9.59 Å². The van der Waals surface area contributed by atoms with Gasteiger partial charge >= 0.3 is 0 Å². The van der Waals surface area contributed by atoms with Gasteiger partial charge in [-0.25, -0.2) is 0 Å². The van der Waals surface area contributed by atoms with E-state index in [1.807, 2.05) is 16.7 Å². The third-order valence-corrected chi connectivity index (χ3v) is 4.80. The topological polar surface area (TPSA) is 75.4 Å². The third-order valence-electron chi connectivity index (χ3n) is 3.67. The third kappa shape index (κ3) is 3.62. The lowest BCUT2D eigenvalue weighted by Crippen LogP contribution is -2.46. The van der Waals surface area contributed by atoms with Crippen LogP contribution in [-0.2, 0) is 9.59 Å². The van der Waals surface area contributed by atoms with Crippen molar-refractivity contribution in [3.05, 3.63) is 0 Å². The molecule has 2 fully saturated rings. The van der Waals surface area contributed by atoms with E-state index in [1.165, 1.54) is 0 Å². The number of nitrogens with one attached hydrogen (secondary N) is 1. The highest BCUT2D eigenvalue weighted by molar-refractivity contribution is 7.99. The fourth-order valence-corrected chi connectivity index (χ4v) is 3.45. The lowest BCUT2D eigenvalue weighted by atomic mass is 9.96.